The summed E-state index contributed by atoms with van der Waals surface area (Å²) in [5.41, 5.74) is 2.28. The molecule has 2 fully saturated rings. The molecule has 214 valence electrons. The molecule has 3 aromatic rings. The van der Waals surface area contributed by atoms with Gasteiger partial charge in [-0.05, 0) is 51.1 Å². The summed E-state index contributed by atoms with van der Waals surface area (Å²) in [6, 6.07) is 13.5. The molecule has 2 saturated heterocycles. The van der Waals surface area contributed by atoms with Crippen LogP contribution in [0.5, 0.6) is 5.75 Å². The number of likely N-dealkylation sites (N-methyl/N-ethyl adjacent to an activating group) is 1. The highest BCUT2D eigenvalue weighted by atomic mass is 32.2. The number of piperazine rings is 1. The molecular weight excluding hydrogens is 528 g/mol. The zero-order valence-electron chi connectivity index (χ0n) is 23.4. The van der Waals surface area contributed by atoms with E-state index in [1.165, 1.54) is 12.6 Å². The molecule has 2 aromatic carbocycles. The molecule has 0 unspecified atom stereocenters. The smallest absolute Gasteiger partial charge is 0.232 e. The first-order chi connectivity index (χ1) is 19.3. The molecule has 12 heteroatoms. The minimum absolute atomic E-state index is 0.173. The van der Waals surface area contributed by atoms with Crippen molar-refractivity contribution < 1.29 is 13.2 Å². The van der Waals surface area contributed by atoms with Crippen molar-refractivity contribution in [2.24, 2.45) is 0 Å². The third kappa shape index (κ3) is 6.80. The fraction of sp³-hybridized carbons (Fsp3) is 0.464. The number of sulfone groups is 1. The van der Waals surface area contributed by atoms with Crippen LogP contribution in [0, 0.1) is 0 Å². The molecule has 2 aliphatic heterocycles. The second-order valence-electron chi connectivity index (χ2n) is 10.3. The normalized spacial score (nSPS) is 17.5. The lowest BCUT2D eigenvalue weighted by atomic mass is 10.0. The Labute approximate surface area is 236 Å². The van der Waals surface area contributed by atoms with Gasteiger partial charge in [-0.15, -0.1) is 0 Å². The van der Waals surface area contributed by atoms with E-state index in [2.05, 4.69) is 59.5 Å². The summed E-state index contributed by atoms with van der Waals surface area (Å²) in [4.78, 5) is 20.5. The second-order valence-corrected chi connectivity index (χ2v) is 12.3. The molecule has 2 aliphatic rings. The zero-order chi connectivity index (χ0) is 28.1. The molecule has 0 bridgehead atoms. The monoisotopic (exact) mass is 566 g/mol. The lowest BCUT2D eigenvalue weighted by molar-refractivity contribution is 0.0982. The molecule has 0 atom stereocenters. The molecule has 0 spiro atoms. The van der Waals surface area contributed by atoms with Crippen LogP contribution < -0.4 is 20.3 Å². The Morgan fingerprint density at radius 3 is 2.27 bits per heavy atom. The predicted octanol–water partition coefficient (Wildman–Crippen LogP) is 3.38. The molecule has 5 rings (SSSR count). The number of nitrogens with one attached hydrogen (secondary N) is 2. The predicted molar refractivity (Wildman–Crippen MR) is 158 cm³/mol. The standard InChI is InChI=1S/C28H38N8O3S/c1-4-39-25-19-22(35-13-11-21(12-14-35)36-17-15-34(2)16-18-36)9-10-23(25)31-27-29-20-30-28(33-27)32-24-7-5-6-8-26(24)40(3,37)38/h5-10,19-21H,4,11-18H2,1-3H3,(H2,29,30,31,32,33). The Morgan fingerprint density at radius 2 is 1.60 bits per heavy atom. The first-order valence-corrected chi connectivity index (χ1v) is 15.7. The van der Waals surface area contributed by atoms with E-state index in [9.17, 15) is 8.42 Å². The Bertz CT molecular complexity index is 1400. The van der Waals surface area contributed by atoms with E-state index >= 15 is 0 Å². The van der Waals surface area contributed by atoms with Gasteiger partial charge in [-0.25, -0.2) is 18.4 Å². The quantitative estimate of drug-likeness (QED) is 0.397. The lowest BCUT2D eigenvalue weighted by Gasteiger charge is -2.42. The Balaban J connectivity index is 1.27. The summed E-state index contributed by atoms with van der Waals surface area (Å²) in [5, 5.41) is 6.24. The van der Waals surface area contributed by atoms with Gasteiger partial charge in [0, 0.05) is 63.3 Å². The van der Waals surface area contributed by atoms with Crippen molar-refractivity contribution in [2.75, 3.05) is 74.7 Å². The average Bonchev–Trinajstić information content (AvgIpc) is 2.95. The van der Waals surface area contributed by atoms with Crippen molar-refractivity contribution in [3.8, 4) is 5.75 Å². The number of anilines is 5. The van der Waals surface area contributed by atoms with Gasteiger partial charge in [0.2, 0.25) is 11.9 Å². The minimum Gasteiger partial charge on any atom is -0.492 e. The second kappa shape index (κ2) is 12.4. The SMILES string of the molecule is CCOc1cc(N2CCC(N3CCN(C)CC3)CC2)ccc1Nc1ncnc(Nc2ccccc2S(C)(=O)=O)n1. The number of nitrogens with zero attached hydrogens (tertiary/aromatic N) is 6. The van der Waals surface area contributed by atoms with E-state index in [1.807, 2.05) is 13.0 Å². The highest BCUT2D eigenvalue weighted by molar-refractivity contribution is 7.90. The number of hydrogen-bond acceptors (Lipinski definition) is 11. The van der Waals surface area contributed by atoms with Crippen LogP contribution in [0.15, 0.2) is 53.7 Å². The molecule has 0 amide bonds. The molecular formula is C28H38N8O3S. The van der Waals surface area contributed by atoms with Crippen LogP contribution in [0.3, 0.4) is 0 Å². The first-order valence-electron chi connectivity index (χ1n) is 13.8. The average molecular weight is 567 g/mol. The van der Waals surface area contributed by atoms with Crippen LogP contribution in [-0.2, 0) is 9.84 Å². The van der Waals surface area contributed by atoms with Crippen molar-refractivity contribution in [3.63, 3.8) is 0 Å². The van der Waals surface area contributed by atoms with Gasteiger partial charge in [0.1, 0.15) is 12.1 Å². The number of benzene rings is 2. The topological polar surface area (TPSA) is 116 Å². The number of aromatic nitrogens is 3. The number of ether oxygens (including phenoxy) is 1. The maximum absolute atomic E-state index is 12.2. The van der Waals surface area contributed by atoms with Gasteiger partial charge >= 0.3 is 0 Å². The van der Waals surface area contributed by atoms with Crippen LogP contribution in [-0.4, -0.2) is 98.4 Å². The van der Waals surface area contributed by atoms with Gasteiger partial charge < -0.3 is 25.2 Å². The van der Waals surface area contributed by atoms with Crippen molar-refractivity contribution in [1.29, 1.82) is 0 Å². The van der Waals surface area contributed by atoms with Crippen molar-refractivity contribution in [2.45, 2.75) is 30.7 Å². The van der Waals surface area contributed by atoms with Gasteiger partial charge in [-0.3, -0.25) is 4.90 Å². The highest BCUT2D eigenvalue weighted by Gasteiger charge is 2.27. The summed E-state index contributed by atoms with van der Waals surface area (Å²) < 4.78 is 30.3. The van der Waals surface area contributed by atoms with E-state index < -0.39 is 9.84 Å². The fourth-order valence-corrected chi connectivity index (χ4v) is 6.16. The van der Waals surface area contributed by atoms with Gasteiger partial charge in [-0.2, -0.15) is 4.98 Å². The van der Waals surface area contributed by atoms with Gasteiger partial charge in [0.25, 0.3) is 0 Å². The Hall–Kier alpha value is -3.48. The number of para-hydroxylation sites is 1. The largest absolute Gasteiger partial charge is 0.492 e. The zero-order valence-corrected chi connectivity index (χ0v) is 24.2. The Kier molecular flexibility index (Phi) is 8.67. The van der Waals surface area contributed by atoms with E-state index in [4.69, 9.17) is 4.74 Å². The fourth-order valence-electron chi connectivity index (χ4n) is 5.31. The highest BCUT2D eigenvalue weighted by Crippen LogP contribution is 2.33. The number of piperidine rings is 1. The molecule has 3 heterocycles. The third-order valence-corrected chi connectivity index (χ3v) is 8.66. The van der Waals surface area contributed by atoms with Crippen LogP contribution in [0.2, 0.25) is 0 Å². The van der Waals surface area contributed by atoms with E-state index in [0.717, 1.165) is 69.2 Å². The van der Waals surface area contributed by atoms with E-state index in [0.29, 0.717) is 24.3 Å². The molecule has 1 aromatic heterocycles. The van der Waals surface area contributed by atoms with Crippen LogP contribution in [0.25, 0.3) is 0 Å². The van der Waals surface area contributed by atoms with Crippen LogP contribution in [0.4, 0.5) is 29.0 Å². The van der Waals surface area contributed by atoms with E-state index in [1.54, 1.807) is 24.3 Å². The summed E-state index contributed by atoms with van der Waals surface area (Å²) in [7, 11) is -1.22. The minimum atomic E-state index is -3.42. The number of hydrogen-bond donors (Lipinski definition) is 2. The van der Waals surface area contributed by atoms with Gasteiger partial charge in [0.05, 0.1) is 22.9 Å². The number of rotatable bonds is 9. The van der Waals surface area contributed by atoms with Crippen molar-refractivity contribution in [1.82, 2.24) is 24.8 Å². The van der Waals surface area contributed by atoms with Gasteiger partial charge in [-0.1, -0.05) is 12.1 Å². The molecule has 11 nitrogen and oxygen atoms in total. The van der Waals surface area contributed by atoms with Crippen LogP contribution >= 0.6 is 0 Å². The summed E-state index contributed by atoms with van der Waals surface area (Å²) in [6.45, 7) is 9.15. The maximum Gasteiger partial charge on any atom is 0.232 e. The van der Waals surface area contributed by atoms with Gasteiger partial charge in [0.15, 0.2) is 9.84 Å². The molecule has 2 N–H and O–H groups in total. The van der Waals surface area contributed by atoms with Crippen molar-refractivity contribution >= 4 is 38.8 Å². The molecule has 0 aliphatic carbocycles. The summed E-state index contributed by atoms with van der Waals surface area (Å²) in [6.07, 6.45) is 4.87. The van der Waals surface area contributed by atoms with E-state index in [-0.39, 0.29) is 10.8 Å². The summed E-state index contributed by atoms with van der Waals surface area (Å²) in [5.74, 6) is 1.26. The molecule has 0 radical (unpaired) electrons. The van der Waals surface area contributed by atoms with Crippen molar-refractivity contribution in [3.05, 3.63) is 48.8 Å². The lowest BCUT2D eigenvalue weighted by Crippen LogP contribution is -2.52. The first kappa shape index (κ1) is 28.1. The van der Waals surface area contributed by atoms with Crippen LogP contribution in [0.1, 0.15) is 19.8 Å². The maximum atomic E-state index is 12.2. The molecule has 40 heavy (non-hydrogen) atoms. The third-order valence-electron chi connectivity index (χ3n) is 7.50. The Morgan fingerprint density at radius 1 is 0.925 bits per heavy atom. The summed E-state index contributed by atoms with van der Waals surface area (Å²) >= 11 is 0. The molecule has 0 saturated carbocycles.